The van der Waals surface area contributed by atoms with Crippen molar-refractivity contribution in [1.82, 2.24) is 4.90 Å². The topological polar surface area (TPSA) is 46.6 Å². The van der Waals surface area contributed by atoms with Crippen LogP contribution in [0, 0.1) is 0 Å². The lowest BCUT2D eigenvalue weighted by molar-refractivity contribution is -0.148. The Morgan fingerprint density at radius 2 is 1.80 bits per heavy atom. The van der Waals surface area contributed by atoms with E-state index >= 15 is 0 Å². The lowest BCUT2D eigenvalue weighted by atomic mass is 10.1. The molecular formula is C14H17Cl2NO3. The van der Waals surface area contributed by atoms with E-state index in [4.69, 9.17) is 23.2 Å². The zero-order valence-electron chi connectivity index (χ0n) is 11.7. The summed E-state index contributed by atoms with van der Waals surface area (Å²) in [6.07, 6.45) is 0.0493. The van der Waals surface area contributed by atoms with E-state index in [2.05, 4.69) is 4.74 Å². The number of hydrogen-bond donors (Lipinski definition) is 0. The third kappa shape index (κ3) is 4.39. The Morgan fingerprint density at radius 3 is 2.25 bits per heavy atom. The van der Waals surface area contributed by atoms with Gasteiger partial charge in [0.25, 0.3) is 0 Å². The number of esters is 1. The first-order valence-electron chi connectivity index (χ1n) is 6.16. The quantitative estimate of drug-likeness (QED) is 0.784. The van der Waals surface area contributed by atoms with Crippen molar-refractivity contribution in [2.24, 2.45) is 0 Å². The van der Waals surface area contributed by atoms with E-state index in [0.29, 0.717) is 15.6 Å². The summed E-state index contributed by atoms with van der Waals surface area (Å²) in [7, 11) is 1.29. The highest BCUT2D eigenvalue weighted by atomic mass is 35.5. The molecule has 0 bridgehead atoms. The molecule has 4 nitrogen and oxygen atoms in total. The van der Waals surface area contributed by atoms with Crippen molar-refractivity contribution >= 4 is 35.1 Å². The van der Waals surface area contributed by atoms with Gasteiger partial charge in [-0.25, -0.2) is 0 Å². The van der Waals surface area contributed by atoms with Crippen LogP contribution in [-0.4, -0.2) is 36.5 Å². The molecule has 20 heavy (non-hydrogen) atoms. The number of amides is 1. The van der Waals surface area contributed by atoms with Gasteiger partial charge in [-0.3, -0.25) is 9.59 Å². The number of ether oxygens (including phenoxy) is 1. The van der Waals surface area contributed by atoms with Crippen LogP contribution >= 0.6 is 23.2 Å². The first-order valence-corrected chi connectivity index (χ1v) is 6.91. The average molecular weight is 318 g/mol. The molecule has 0 radical (unpaired) electrons. The average Bonchev–Trinajstić information content (AvgIpc) is 2.39. The SMILES string of the molecule is COC(=O)CN(C(=O)Cc1c(Cl)cccc1Cl)C(C)C. The highest BCUT2D eigenvalue weighted by Gasteiger charge is 2.22. The molecule has 0 aliphatic rings. The molecule has 1 aromatic carbocycles. The van der Waals surface area contributed by atoms with Gasteiger partial charge in [0.15, 0.2) is 0 Å². The molecule has 6 heteroatoms. The molecule has 0 fully saturated rings. The molecule has 0 atom stereocenters. The maximum Gasteiger partial charge on any atom is 0.325 e. The van der Waals surface area contributed by atoms with Crippen molar-refractivity contribution in [3.05, 3.63) is 33.8 Å². The van der Waals surface area contributed by atoms with E-state index in [9.17, 15) is 9.59 Å². The van der Waals surface area contributed by atoms with Crippen LogP contribution in [-0.2, 0) is 20.7 Å². The molecule has 1 rings (SSSR count). The summed E-state index contributed by atoms with van der Waals surface area (Å²) in [5.74, 6) is -0.683. The second kappa shape index (κ2) is 7.50. The van der Waals surface area contributed by atoms with Crippen LogP contribution in [0.2, 0.25) is 10.0 Å². The standard InChI is InChI=1S/C14H17Cl2NO3/c1-9(2)17(8-14(19)20-3)13(18)7-10-11(15)5-4-6-12(10)16/h4-6,9H,7-8H2,1-3H3. The van der Waals surface area contributed by atoms with E-state index in [1.54, 1.807) is 18.2 Å². The van der Waals surface area contributed by atoms with Crippen LogP contribution in [0.3, 0.4) is 0 Å². The fraction of sp³-hybridized carbons (Fsp3) is 0.429. The zero-order chi connectivity index (χ0) is 15.3. The highest BCUT2D eigenvalue weighted by molar-refractivity contribution is 6.36. The third-order valence-electron chi connectivity index (χ3n) is 2.86. The van der Waals surface area contributed by atoms with Gasteiger partial charge in [-0.15, -0.1) is 0 Å². The Morgan fingerprint density at radius 1 is 1.25 bits per heavy atom. The van der Waals surface area contributed by atoms with Gasteiger partial charge < -0.3 is 9.64 Å². The first kappa shape index (κ1) is 16.8. The summed E-state index contributed by atoms with van der Waals surface area (Å²) in [5.41, 5.74) is 0.566. The van der Waals surface area contributed by atoms with Crippen LogP contribution in [0.1, 0.15) is 19.4 Å². The fourth-order valence-corrected chi connectivity index (χ4v) is 2.25. The minimum Gasteiger partial charge on any atom is -0.468 e. The number of carbonyl (C=O) groups is 2. The summed E-state index contributed by atoms with van der Waals surface area (Å²) < 4.78 is 4.59. The number of nitrogens with zero attached hydrogens (tertiary/aromatic N) is 1. The number of halogens is 2. The normalized spacial score (nSPS) is 10.5. The fourth-order valence-electron chi connectivity index (χ4n) is 1.72. The molecule has 0 saturated heterocycles. The Labute approximate surface area is 128 Å². The summed E-state index contributed by atoms with van der Waals surface area (Å²) in [6, 6.07) is 4.95. The maximum absolute atomic E-state index is 12.3. The Kier molecular flexibility index (Phi) is 6.30. The summed E-state index contributed by atoms with van der Waals surface area (Å²) >= 11 is 12.1. The molecular weight excluding hydrogens is 301 g/mol. The smallest absolute Gasteiger partial charge is 0.325 e. The zero-order valence-corrected chi connectivity index (χ0v) is 13.2. The monoisotopic (exact) mass is 317 g/mol. The molecule has 0 aliphatic heterocycles. The van der Waals surface area contributed by atoms with Crippen molar-refractivity contribution in [2.45, 2.75) is 26.3 Å². The van der Waals surface area contributed by atoms with Crippen LogP contribution in [0.4, 0.5) is 0 Å². The minimum atomic E-state index is -0.461. The number of carbonyl (C=O) groups excluding carboxylic acids is 2. The maximum atomic E-state index is 12.3. The molecule has 0 unspecified atom stereocenters. The summed E-state index contributed by atoms with van der Waals surface area (Å²) in [5, 5.41) is 0.875. The first-order chi connectivity index (χ1) is 9.36. The van der Waals surface area contributed by atoms with Gasteiger partial charge in [-0.05, 0) is 31.5 Å². The molecule has 0 heterocycles. The van der Waals surface area contributed by atoms with E-state index in [1.165, 1.54) is 12.0 Å². The minimum absolute atomic E-state index is 0.0493. The van der Waals surface area contributed by atoms with Crippen LogP contribution in [0.25, 0.3) is 0 Å². The molecule has 1 aromatic rings. The molecule has 0 saturated carbocycles. The van der Waals surface area contributed by atoms with Crippen molar-refractivity contribution < 1.29 is 14.3 Å². The van der Waals surface area contributed by atoms with Gasteiger partial charge in [0.1, 0.15) is 6.54 Å². The summed E-state index contributed by atoms with van der Waals surface area (Å²) in [6.45, 7) is 3.57. The number of hydrogen-bond acceptors (Lipinski definition) is 3. The van der Waals surface area contributed by atoms with Crippen molar-refractivity contribution in [3.63, 3.8) is 0 Å². The molecule has 0 spiro atoms. The Hall–Kier alpha value is -1.26. The predicted molar refractivity (Wildman–Crippen MR) is 79.0 cm³/mol. The van der Waals surface area contributed by atoms with Gasteiger partial charge >= 0.3 is 5.97 Å². The van der Waals surface area contributed by atoms with Crippen LogP contribution < -0.4 is 0 Å². The Bertz CT molecular complexity index is 483. The lowest BCUT2D eigenvalue weighted by Crippen LogP contribution is -2.42. The van der Waals surface area contributed by atoms with Crippen molar-refractivity contribution in [2.75, 3.05) is 13.7 Å². The molecule has 0 aliphatic carbocycles. The molecule has 1 amide bonds. The van der Waals surface area contributed by atoms with E-state index < -0.39 is 5.97 Å². The van der Waals surface area contributed by atoms with Gasteiger partial charge in [0, 0.05) is 16.1 Å². The number of rotatable bonds is 5. The van der Waals surface area contributed by atoms with E-state index in [-0.39, 0.29) is 24.9 Å². The van der Waals surface area contributed by atoms with Crippen molar-refractivity contribution in [3.8, 4) is 0 Å². The second-order valence-electron chi connectivity index (χ2n) is 4.57. The number of benzene rings is 1. The van der Waals surface area contributed by atoms with E-state index in [0.717, 1.165) is 0 Å². The Balaban J connectivity index is 2.89. The number of methoxy groups -OCH3 is 1. The highest BCUT2D eigenvalue weighted by Crippen LogP contribution is 2.25. The van der Waals surface area contributed by atoms with Crippen LogP contribution in [0.15, 0.2) is 18.2 Å². The summed E-state index contributed by atoms with van der Waals surface area (Å²) in [4.78, 5) is 25.1. The van der Waals surface area contributed by atoms with Gasteiger partial charge in [0.2, 0.25) is 5.91 Å². The van der Waals surface area contributed by atoms with Crippen LogP contribution in [0.5, 0.6) is 0 Å². The second-order valence-corrected chi connectivity index (χ2v) is 5.38. The van der Waals surface area contributed by atoms with Gasteiger partial charge in [-0.2, -0.15) is 0 Å². The third-order valence-corrected chi connectivity index (χ3v) is 3.57. The largest absolute Gasteiger partial charge is 0.468 e. The van der Waals surface area contributed by atoms with Crippen molar-refractivity contribution in [1.29, 1.82) is 0 Å². The predicted octanol–water partition coefficient (Wildman–Crippen LogP) is 2.95. The lowest BCUT2D eigenvalue weighted by Gasteiger charge is -2.25. The van der Waals surface area contributed by atoms with Gasteiger partial charge in [-0.1, -0.05) is 29.3 Å². The molecule has 0 aromatic heterocycles. The molecule has 110 valence electrons. The molecule has 0 N–H and O–H groups in total. The van der Waals surface area contributed by atoms with E-state index in [1.807, 2.05) is 13.8 Å². The van der Waals surface area contributed by atoms with Gasteiger partial charge in [0.05, 0.1) is 13.5 Å².